The first-order valence-electron chi connectivity index (χ1n) is 7.87. The molecule has 0 atom stereocenters. The van der Waals surface area contributed by atoms with E-state index in [9.17, 15) is 0 Å². The van der Waals surface area contributed by atoms with Crippen molar-refractivity contribution >= 4 is 0 Å². The molecule has 1 aromatic rings. The molecule has 2 rings (SSSR count). The summed E-state index contributed by atoms with van der Waals surface area (Å²) >= 11 is 0. The van der Waals surface area contributed by atoms with Crippen LogP contribution in [0.5, 0.6) is 0 Å². The normalized spacial score (nSPS) is 18.3. The van der Waals surface area contributed by atoms with Gasteiger partial charge in [-0.05, 0) is 62.7 Å². The Bertz CT molecular complexity index is 362. The minimum Gasteiger partial charge on any atom is -0.303 e. The molecule has 0 aliphatic carbocycles. The first-order chi connectivity index (χ1) is 9.13. The molecule has 2 heterocycles. The number of hydrogen-bond donors (Lipinski definition) is 0. The van der Waals surface area contributed by atoms with Gasteiger partial charge in [-0.25, -0.2) is 0 Å². The Kier molecular flexibility index (Phi) is 5.44. The zero-order valence-corrected chi connectivity index (χ0v) is 12.8. The highest BCUT2D eigenvalue weighted by atomic mass is 15.3. The summed E-state index contributed by atoms with van der Waals surface area (Å²) in [5.74, 6) is 1.65. The van der Waals surface area contributed by atoms with E-state index in [1.165, 1.54) is 44.5 Å². The predicted molar refractivity (Wildman–Crippen MR) is 80.2 cm³/mol. The van der Waals surface area contributed by atoms with Crippen LogP contribution in [0.3, 0.4) is 0 Å². The van der Waals surface area contributed by atoms with Gasteiger partial charge in [0.15, 0.2) is 0 Å². The lowest BCUT2D eigenvalue weighted by molar-refractivity contribution is 0.187. The van der Waals surface area contributed by atoms with Gasteiger partial charge in [-0.15, -0.1) is 0 Å². The number of rotatable bonds is 6. The third-order valence-corrected chi connectivity index (χ3v) is 4.07. The summed E-state index contributed by atoms with van der Waals surface area (Å²) in [6.07, 6.45) is 9.36. The number of nitrogens with zero attached hydrogens (tertiary/aromatic N) is 3. The molecular weight excluding hydrogens is 234 g/mol. The fourth-order valence-electron chi connectivity index (χ4n) is 2.85. The second kappa shape index (κ2) is 7.09. The Morgan fingerprint density at radius 2 is 2.00 bits per heavy atom. The van der Waals surface area contributed by atoms with Crippen LogP contribution in [-0.2, 0) is 13.0 Å². The standard InChI is InChI=1S/C16H29N3/c1-14(2)11-16-12-17-19(13-16)8-4-7-18-9-5-15(3)6-10-18/h12-15H,4-11H2,1-3H3. The van der Waals surface area contributed by atoms with E-state index in [0.717, 1.165) is 18.9 Å². The number of piperidine rings is 1. The summed E-state index contributed by atoms with van der Waals surface area (Å²) in [5, 5.41) is 4.46. The molecule has 0 spiro atoms. The van der Waals surface area contributed by atoms with Gasteiger partial charge in [0.25, 0.3) is 0 Å². The number of likely N-dealkylation sites (tertiary alicyclic amines) is 1. The molecule has 1 aliphatic heterocycles. The van der Waals surface area contributed by atoms with Crippen molar-refractivity contribution in [2.24, 2.45) is 11.8 Å². The van der Waals surface area contributed by atoms with E-state index in [2.05, 4.69) is 41.6 Å². The monoisotopic (exact) mass is 263 g/mol. The van der Waals surface area contributed by atoms with E-state index in [0.29, 0.717) is 5.92 Å². The van der Waals surface area contributed by atoms with Crippen molar-refractivity contribution < 1.29 is 0 Å². The summed E-state index contributed by atoms with van der Waals surface area (Å²) in [7, 11) is 0. The minimum absolute atomic E-state index is 0.716. The van der Waals surface area contributed by atoms with Crippen LogP contribution in [0.25, 0.3) is 0 Å². The van der Waals surface area contributed by atoms with Gasteiger partial charge >= 0.3 is 0 Å². The van der Waals surface area contributed by atoms with E-state index in [-0.39, 0.29) is 0 Å². The van der Waals surface area contributed by atoms with Crippen LogP contribution >= 0.6 is 0 Å². The molecule has 1 aliphatic rings. The molecule has 0 aromatic carbocycles. The lowest BCUT2D eigenvalue weighted by atomic mass is 9.99. The maximum Gasteiger partial charge on any atom is 0.0521 e. The van der Waals surface area contributed by atoms with Gasteiger partial charge in [0.05, 0.1) is 6.20 Å². The summed E-state index contributed by atoms with van der Waals surface area (Å²) < 4.78 is 2.12. The second-order valence-corrected chi connectivity index (χ2v) is 6.59. The van der Waals surface area contributed by atoms with E-state index >= 15 is 0 Å². The molecule has 0 radical (unpaired) electrons. The second-order valence-electron chi connectivity index (χ2n) is 6.59. The first kappa shape index (κ1) is 14.6. The van der Waals surface area contributed by atoms with Crippen molar-refractivity contribution in [1.82, 2.24) is 14.7 Å². The summed E-state index contributed by atoms with van der Waals surface area (Å²) in [6, 6.07) is 0. The molecule has 3 nitrogen and oxygen atoms in total. The van der Waals surface area contributed by atoms with E-state index in [1.807, 2.05) is 6.20 Å². The quantitative estimate of drug-likeness (QED) is 0.786. The van der Waals surface area contributed by atoms with E-state index in [1.54, 1.807) is 0 Å². The average Bonchev–Trinajstić information content (AvgIpc) is 2.78. The van der Waals surface area contributed by atoms with Crippen molar-refractivity contribution in [2.75, 3.05) is 19.6 Å². The Morgan fingerprint density at radius 1 is 1.26 bits per heavy atom. The molecule has 0 saturated carbocycles. The molecular formula is C16H29N3. The van der Waals surface area contributed by atoms with Gasteiger partial charge in [-0.1, -0.05) is 20.8 Å². The van der Waals surface area contributed by atoms with Crippen molar-refractivity contribution in [3.05, 3.63) is 18.0 Å². The van der Waals surface area contributed by atoms with Crippen molar-refractivity contribution in [1.29, 1.82) is 0 Å². The number of hydrogen-bond acceptors (Lipinski definition) is 2. The first-order valence-corrected chi connectivity index (χ1v) is 7.87. The highest BCUT2D eigenvalue weighted by Crippen LogP contribution is 2.16. The van der Waals surface area contributed by atoms with Crippen LogP contribution in [0.2, 0.25) is 0 Å². The summed E-state index contributed by atoms with van der Waals surface area (Å²) in [6.45, 7) is 11.8. The zero-order valence-electron chi connectivity index (χ0n) is 12.8. The summed E-state index contributed by atoms with van der Waals surface area (Å²) in [4.78, 5) is 2.61. The lowest BCUT2D eigenvalue weighted by Gasteiger charge is -2.30. The number of aryl methyl sites for hydroxylation is 1. The topological polar surface area (TPSA) is 21.1 Å². The molecule has 108 valence electrons. The van der Waals surface area contributed by atoms with Crippen LogP contribution in [0.4, 0.5) is 0 Å². The third-order valence-electron chi connectivity index (χ3n) is 4.07. The predicted octanol–water partition coefficient (Wildman–Crippen LogP) is 3.20. The Balaban J connectivity index is 1.66. The van der Waals surface area contributed by atoms with Gasteiger partial charge in [0.2, 0.25) is 0 Å². The number of aromatic nitrogens is 2. The van der Waals surface area contributed by atoms with Crippen molar-refractivity contribution in [3.8, 4) is 0 Å². The zero-order chi connectivity index (χ0) is 13.7. The van der Waals surface area contributed by atoms with Gasteiger partial charge in [-0.3, -0.25) is 4.68 Å². The lowest BCUT2D eigenvalue weighted by Crippen LogP contribution is -2.34. The maximum atomic E-state index is 4.46. The Hall–Kier alpha value is -0.830. The minimum atomic E-state index is 0.716. The average molecular weight is 263 g/mol. The van der Waals surface area contributed by atoms with Gasteiger partial charge in [0, 0.05) is 12.7 Å². The van der Waals surface area contributed by atoms with Gasteiger partial charge in [0.1, 0.15) is 0 Å². The van der Waals surface area contributed by atoms with Gasteiger partial charge in [-0.2, -0.15) is 5.10 Å². The molecule has 19 heavy (non-hydrogen) atoms. The molecule has 1 fully saturated rings. The Labute approximate surface area is 118 Å². The highest BCUT2D eigenvalue weighted by Gasteiger charge is 2.14. The molecule has 0 bridgehead atoms. The van der Waals surface area contributed by atoms with Gasteiger partial charge < -0.3 is 4.90 Å². The largest absolute Gasteiger partial charge is 0.303 e. The highest BCUT2D eigenvalue weighted by molar-refractivity contribution is 5.04. The fourth-order valence-corrected chi connectivity index (χ4v) is 2.85. The van der Waals surface area contributed by atoms with Crippen LogP contribution in [0.1, 0.15) is 45.6 Å². The summed E-state index contributed by atoms with van der Waals surface area (Å²) in [5.41, 5.74) is 1.38. The van der Waals surface area contributed by atoms with E-state index in [4.69, 9.17) is 0 Å². The van der Waals surface area contributed by atoms with Crippen molar-refractivity contribution in [2.45, 2.75) is 53.0 Å². The maximum absolute atomic E-state index is 4.46. The van der Waals surface area contributed by atoms with E-state index < -0.39 is 0 Å². The molecule has 0 N–H and O–H groups in total. The molecule has 1 saturated heterocycles. The van der Waals surface area contributed by atoms with Crippen LogP contribution in [-0.4, -0.2) is 34.3 Å². The Morgan fingerprint density at radius 3 is 2.68 bits per heavy atom. The third kappa shape index (κ3) is 4.98. The molecule has 0 unspecified atom stereocenters. The molecule has 0 amide bonds. The SMILES string of the molecule is CC(C)Cc1cnn(CCCN2CCC(C)CC2)c1. The van der Waals surface area contributed by atoms with Crippen LogP contribution in [0.15, 0.2) is 12.4 Å². The smallest absolute Gasteiger partial charge is 0.0521 e. The van der Waals surface area contributed by atoms with Crippen LogP contribution < -0.4 is 0 Å². The molecule has 3 heteroatoms. The van der Waals surface area contributed by atoms with Crippen molar-refractivity contribution in [3.63, 3.8) is 0 Å². The van der Waals surface area contributed by atoms with Crippen LogP contribution in [0, 0.1) is 11.8 Å². The fraction of sp³-hybridized carbons (Fsp3) is 0.812. The molecule has 1 aromatic heterocycles.